The van der Waals surface area contributed by atoms with Gasteiger partial charge in [-0.3, -0.25) is 0 Å². The van der Waals surface area contributed by atoms with E-state index in [1.165, 1.54) is 25.7 Å². The van der Waals surface area contributed by atoms with E-state index in [0.29, 0.717) is 13.2 Å². The van der Waals surface area contributed by atoms with Gasteiger partial charge in [-0.2, -0.15) is 0 Å². The van der Waals surface area contributed by atoms with E-state index in [0.717, 1.165) is 23.8 Å². The Bertz CT molecular complexity index is 292. The lowest BCUT2D eigenvalue weighted by Gasteiger charge is -2.24. The van der Waals surface area contributed by atoms with Crippen molar-refractivity contribution in [3.63, 3.8) is 0 Å². The maximum Gasteiger partial charge on any atom is 0.133 e. The van der Waals surface area contributed by atoms with Crippen LogP contribution in [-0.4, -0.2) is 6.61 Å². The van der Waals surface area contributed by atoms with Gasteiger partial charge in [0.15, 0.2) is 0 Å². The van der Waals surface area contributed by atoms with Crippen molar-refractivity contribution in [1.82, 2.24) is 0 Å². The molecule has 0 saturated heterocycles. The topological polar surface area (TPSA) is 48.4 Å². The highest BCUT2D eigenvalue weighted by atomic mass is 16.5. The first-order valence-electron chi connectivity index (χ1n) is 5.73. The highest BCUT2D eigenvalue weighted by Crippen LogP contribution is 2.29. The normalized spacial score (nSPS) is 16.6. The molecule has 0 radical (unpaired) electrons. The molecule has 0 spiro atoms. The molecule has 0 atom stereocenters. The summed E-state index contributed by atoms with van der Waals surface area (Å²) in [5, 5.41) is 0. The molecule has 1 aromatic heterocycles. The smallest absolute Gasteiger partial charge is 0.133 e. The van der Waals surface area contributed by atoms with Crippen LogP contribution in [0.25, 0.3) is 0 Å². The van der Waals surface area contributed by atoms with Crippen molar-refractivity contribution < 1.29 is 9.15 Å². The molecule has 0 aromatic carbocycles. The van der Waals surface area contributed by atoms with Crippen molar-refractivity contribution in [2.75, 3.05) is 6.61 Å². The summed E-state index contributed by atoms with van der Waals surface area (Å²) < 4.78 is 10.9. The summed E-state index contributed by atoms with van der Waals surface area (Å²) in [5.41, 5.74) is 6.62. The zero-order valence-electron chi connectivity index (χ0n) is 9.08. The van der Waals surface area contributed by atoms with Gasteiger partial charge in [-0.25, -0.2) is 0 Å². The summed E-state index contributed by atoms with van der Waals surface area (Å²) in [6, 6.07) is 1.91. The predicted molar refractivity (Wildman–Crippen MR) is 58.2 cm³/mol. The Hall–Kier alpha value is -0.800. The molecule has 0 unspecified atom stereocenters. The van der Waals surface area contributed by atoms with E-state index in [9.17, 15) is 0 Å². The molecule has 1 aliphatic carbocycles. The van der Waals surface area contributed by atoms with Crippen LogP contribution in [0.15, 0.2) is 16.7 Å². The molecular weight excluding hydrogens is 190 g/mol. The predicted octanol–water partition coefficient (Wildman–Crippen LogP) is 2.45. The number of hydrogen-bond donors (Lipinski definition) is 1. The summed E-state index contributed by atoms with van der Waals surface area (Å²) in [5.74, 6) is 1.79. The van der Waals surface area contributed by atoms with E-state index in [4.69, 9.17) is 14.9 Å². The van der Waals surface area contributed by atoms with Crippen molar-refractivity contribution in [3.8, 4) is 0 Å². The minimum Gasteiger partial charge on any atom is -0.467 e. The molecule has 3 heteroatoms. The summed E-state index contributed by atoms with van der Waals surface area (Å²) in [7, 11) is 0. The maximum absolute atomic E-state index is 5.58. The second-order valence-electron chi connectivity index (χ2n) is 4.21. The van der Waals surface area contributed by atoms with Crippen LogP contribution in [0.5, 0.6) is 0 Å². The van der Waals surface area contributed by atoms with Gasteiger partial charge in [-0.1, -0.05) is 19.3 Å². The fourth-order valence-electron chi connectivity index (χ4n) is 1.87. The van der Waals surface area contributed by atoms with Crippen LogP contribution in [0.3, 0.4) is 0 Å². The van der Waals surface area contributed by atoms with Crippen molar-refractivity contribution >= 4 is 0 Å². The molecule has 2 N–H and O–H groups in total. The largest absolute Gasteiger partial charge is 0.467 e. The number of furan rings is 1. The number of nitrogens with two attached hydrogens (primary N) is 1. The minimum absolute atomic E-state index is 0.526. The van der Waals surface area contributed by atoms with Gasteiger partial charge in [-0.05, 0) is 18.4 Å². The van der Waals surface area contributed by atoms with Gasteiger partial charge >= 0.3 is 0 Å². The lowest BCUT2D eigenvalue weighted by molar-refractivity contribution is 0.0830. The second kappa shape index (κ2) is 5.33. The molecule has 15 heavy (non-hydrogen) atoms. The van der Waals surface area contributed by atoms with Crippen LogP contribution >= 0.6 is 0 Å². The molecule has 1 aliphatic rings. The average molecular weight is 209 g/mol. The zero-order valence-corrected chi connectivity index (χ0v) is 9.08. The highest BCUT2D eigenvalue weighted by Gasteiger charge is 2.16. The van der Waals surface area contributed by atoms with Gasteiger partial charge in [0, 0.05) is 18.7 Å². The molecule has 1 fully saturated rings. The number of ether oxygens (including phenoxy) is 1. The Morgan fingerprint density at radius 2 is 2.33 bits per heavy atom. The van der Waals surface area contributed by atoms with Crippen LogP contribution < -0.4 is 5.73 Å². The van der Waals surface area contributed by atoms with Gasteiger partial charge in [-0.15, -0.1) is 0 Å². The first kappa shape index (κ1) is 10.7. The first-order valence-corrected chi connectivity index (χ1v) is 5.73. The van der Waals surface area contributed by atoms with E-state index in [2.05, 4.69) is 0 Å². The van der Waals surface area contributed by atoms with Crippen molar-refractivity contribution in [1.29, 1.82) is 0 Å². The van der Waals surface area contributed by atoms with Gasteiger partial charge in [0.05, 0.1) is 6.26 Å². The fraction of sp³-hybridized carbons (Fsp3) is 0.667. The van der Waals surface area contributed by atoms with Crippen LogP contribution in [0.2, 0.25) is 0 Å². The Morgan fingerprint density at radius 1 is 1.47 bits per heavy atom. The molecule has 1 saturated carbocycles. The third-order valence-corrected chi connectivity index (χ3v) is 3.19. The summed E-state index contributed by atoms with van der Waals surface area (Å²) >= 11 is 0. The van der Waals surface area contributed by atoms with Crippen molar-refractivity contribution in [2.45, 2.75) is 38.8 Å². The molecule has 84 valence electrons. The first-order chi connectivity index (χ1) is 7.40. The summed E-state index contributed by atoms with van der Waals surface area (Å²) in [6.45, 7) is 1.93. The van der Waals surface area contributed by atoms with Gasteiger partial charge in [0.25, 0.3) is 0 Å². The van der Waals surface area contributed by atoms with E-state index in [-0.39, 0.29) is 0 Å². The standard InChI is InChI=1S/C12H19NO2/c13-8-11-5-7-15-12(11)9-14-6-4-10-2-1-3-10/h5,7,10H,1-4,6,8-9,13H2. The third kappa shape index (κ3) is 2.83. The van der Waals surface area contributed by atoms with Gasteiger partial charge < -0.3 is 14.9 Å². The Kier molecular flexibility index (Phi) is 3.80. The van der Waals surface area contributed by atoms with E-state index in [1.807, 2.05) is 6.07 Å². The monoisotopic (exact) mass is 209 g/mol. The van der Waals surface area contributed by atoms with Crippen molar-refractivity contribution in [3.05, 3.63) is 23.7 Å². The molecule has 1 heterocycles. The molecular formula is C12H19NO2. The van der Waals surface area contributed by atoms with E-state index < -0.39 is 0 Å². The van der Waals surface area contributed by atoms with Gasteiger partial charge in [0.2, 0.25) is 0 Å². The zero-order chi connectivity index (χ0) is 10.5. The SMILES string of the molecule is NCc1ccoc1COCCC1CCC1. The minimum atomic E-state index is 0.526. The van der Waals surface area contributed by atoms with Crippen LogP contribution in [0.1, 0.15) is 37.0 Å². The Balaban J connectivity index is 1.64. The molecule has 0 amide bonds. The van der Waals surface area contributed by atoms with E-state index >= 15 is 0 Å². The average Bonchev–Trinajstić information content (AvgIpc) is 2.62. The van der Waals surface area contributed by atoms with Crippen LogP contribution in [0.4, 0.5) is 0 Å². The fourth-order valence-corrected chi connectivity index (χ4v) is 1.87. The number of hydrogen-bond acceptors (Lipinski definition) is 3. The summed E-state index contributed by atoms with van der Waals surface area (Å²) in [4.78, 5) is 0. The van der Waals surface area contributed by atoms with Gasteiger partial charge in [0.1, 0.15) is 12.4 Å². The molecule has 0 aliphatic heterocycles. The lowest BCUT2D eigenvalue weighted by Crippen LogP contribution is -2.13. The Morgan fingerprint density at radius 3 is 3.00 bits per heavy atom. The quantitative estimate of drug-likeness (QED) is 0.732. The second-order valence-corrected chi connectivity index (χ2v) is 4.21. The molecule has 0 bridgehead atoms. The van der Waals surface area contributed by atoms with Crippen LogP contribution in [0, 0.1) is 5.92 Å². The maximum atomic E-state index is 5.58. The third-order valence-electron chi connectivity index (χ3n) is 3.19. The summed E-state index contributed by atoms with van der Waals surface area (Å²) in [6.07, 6.45) is 7.04. The lowest BCUT2D eigenvalue weighted by atomic mass is 9.83. The highest BCUT2D eigenvalue weighted by molar-refractivity contribution is 5.15. The molecule has 1 aromatic rings. The molecule has 2 rings (SSSR count). The number of rotatable bonds is 6. The van der Waals surface area contributed by atoms with Crippen LogP contribution in [-0.2, 0) is 17.9 Å². The van der Waals surface area contributed by atoms with E-state index in [1.54, 1.807) is 6.26 Å². The van der Waals surface area contributed by atoms with Crippen molar-refractivity contribution in [2.24, 2.45) is 11.7 Å². The molecule has 3 nitrogen and oxygen atoms in total. The Labute approximate surface area is 90.6 Å².